The molecular formula is C48H33N5Si. The molecule has 0 fully saturated rings. The molecule has 11 rings (SSSR count). The maximum atomic E-state index is 5.68. The minimum Gasteiger partial charge on any atom is -0.294 e. The summed E-state index contributed by atoms with van der Waals surface area (Å²) in [6.45, 7) is 0. The van der Waals surface area contributed by atoms with Crippen molar-refractivity contribution in [3.63, 3.8) is 0 Å². The fourth-order valence-corrected chi connectivity index (χ4v) is 13.5. The lowest BCUT2D eigenvalue weighted by Crippen LogP contribution is -2.74. The number of nitrogens with zero attached hydrogens (tertiary/aromatic N) is 5. The number of para-hydroxylation sites is 6. The van der Waals surface area contributed by atoms with E-state index in [4.69, 9.17) is 9.97 Å². The smallest absolute Gasteiger partial charge is 0.221 e. The molecule has 0 N–H and O–H groups in total. The average Bonchev–Trinajstić information content (AvgIpc) is 3.89. The second kappa shape index (κ2) is 12.0. The second-order valence-electron chi connectivity index (χ2n) is 13.9. The van der Waals surface area contributed by atoms with Crippen molar-refractivity contribution < 1.29 is 0 Å². The first-order valence-electron chi connectivity index (χ1n) is 18.4. The van der Waals surface area contributed by atoms with Crippen LogP contribution in [-0.2, 0) is 0 Å². The van der Waals surface area contributed by atoms with Crippen LogP contribution >= 0.6 is 0 Å². The summed E-state index contributed by atoms with van der Waals surface area (Å²) in [7, 11) is -2.98. The second-order valence-corrected chi connectivity index (χ2v) is 17.7. The molecule has 0 amide bonds. The van der Waals surface area contributed by atoms with Crippen molar-refractivity contribution in [2.75, 3.05) is 0 Å². The zero-order valence-electron chi connectivity index (χ0n) is 29.3. The third-order valence-corrected chi connectivity index (χ3v) is 15.7. The van der Waals surface area contributed by atoms with Crippen LogP contribution in [0.1, 0.15) is 0 Å². The van der Waals surface area contributed by atoms with Gasteiger partial charge in [0.15, 0.2) is 8.07 Å². The number of hydrogen-bond donors (Lipinski definition) is 0. The van der Waals surface area contributed by atoms with Crippen molar-refractivity contribution in [2.45, 2.75) is 0 Å². The summed E-state index contributed by atoms with van der Waals surface area (Å²) in [5, 5.41) is 7.56. The largest absolute Gasteiger partial charge is 0.294 e. The topological polar surface area (TPSA) is 40.0 Å². The van der Waals surface area contributed by atoms with Crippen molar-refractivity contribution in [3.8, 4) is 11.6 Å². The number of pyridine rings is 1. The number of fused-ring (bicyclic) bond motifs is 8. The highest BCUT2D eigenvalue weighted by Crippen LogP contribution is 2.33. The molecule has 11 aromatic rings. The van der Waals surface area contributed by atoms with E-state index in [9.17, 15) is 0 Å². The van der Waals surface area contributed by atoms with Gasteiger partial charge in [0.05, 0.1) is 33.1 Å². The van der Waals surface area contributed by atoms with Gasteiger partial charge in [0.25, 0.3) is 0 Å². The molecule has 0 bridgehead atoms. The summed E-state index contributed by atoms with van der Waals surface area (Å²) in [5.41, 5.74) is 6.40. The third kappa shape index (κ3) is 4.38. The fourth-order valence-electron chi connectivity index (χ4n) is 8.76. The van der Waals surface area contributed by atoms with Gasteiger partial charge in [0.2, 0.25) is 5.78 Å². The predicted molar refractivity (Wildman–Crippen MR) is 225 cm³/mol. The molecule has 0 atom stereocenters. The maximum absolute atomic E-state index is 5.68. The summed E-state index contributed by atoms with van der Waals surface area (Å²) < 4.78 is 6.88. The molecule has 7 aromatic carbocycles. The third-order valence-electron chi connectivity index (χ3n) is 11.0. The van der Waals surface area contributed by atoms with E-state index in [1.54, 1.807) is 0 Å². The van der Waals surface area contributed by atoms with Crippen LogP contribution in [0.3, 0.4) is 0 Å². The Hall–Kier alpha value is -7.02. The van der Waals surface area contributed by atoms with Crippen LogP contribution in [0.2, 0.25) is 0 Å². The molecule has 254 valence electrons. The molecule has 6 heteroatoms. The summed E-state index contributed by atoms with van der Waals surface area (Å²) >= 11 is 0. The van der Waals surface area contributed by atoms with Gasteiger partial charge in [0, 0.05) is 10.8 Å². The van der Waals surface area contributed by atoms with E-state index in [2.05, 4.69) is 214 Å². The Kier molecular flexibility index (Phi) is 6.81. The molecule has 54 heavy (non-hydrogen) atoms. The highest BCUT2D eigenvalue weighted by atomic mass is 28.3. The van der Waals surface area contributed by atoms with E-state index in [1.165, 1.54) is 31.5 Å². The molecule has 0 aliphatic heterocycles. The Labute approximate surface area is 312 Å². The molecule has 0 aliphatic rings. The summed E-state index contributed by atoms with van der Waals surface area (Å²) in [6.07, 6.45) is 0. The van der Waals surface area contributed by atoms with E-state index < -0.39 is 8.07 Å². The predicted octanol–water partition coefficient (Wildman–Crippen LogP) is 8.30. The van der Waals surface area contributed by atoms with Gasteiger partial charge < -0.3 is 0 Å². The quantitative estimate of drug-likeness (QED) is 0.129. The Morgan fingerprint density at radius 1 is 0.333 bits per heavy atom. The number of aromatic nitrogens is 5. The summed E-state index contributed by atoms with van der Waals surface area (Å²) in [5.74, 6) is 2.53. The van der Waals surface area contributed by atoms with Crippen LogP contribution in [0.15, 0.2) is 200 Å². The van der Waals surface area contributed by atoms with Gasteiger partial charge in [0.1, 0.15) is 11.6 Å². The Bertz CT molecular complexity index is 3010. The highest BCUT2D eigenvalue weighted by molar-refractivity contribution is 7.19. The van der Waals surface area contributed by atoms with E-state index in [0.717, 1.165) is 50.5 Å². The molecule has 0 radical (unpaired) electrons. The standard InChI is InChI=1S/C48H33N5Si/c1-4-18-34(19-5-1)54(35-20-6-2-7-21-35,36-22-8-3-9-23-36)37-32-46(51-41-27-13-10-24-38(41)39-25-11-14-28-42(39)51)50-47(33-37)53-45-31-17-16-30-44(45)52-43-29-15-12-26-40(43)49-48(52)53/h1-33H. The summed E-state index contributed by atoms with van der Waals surface area (Å²) in [6, 6.07) is 72.3. The molecule has 0 unspecified atom stereocenters. The van der Waals surface area contributed by atoms with Gasteiger partial charge in [-0.2, -0.15) is 0 Å². The minimum atomic E-state index is -2.98. The van der Waals surface area contributed by atoms with Crippen LogP contribution in [0.4, 0.5) is 0 Å². The van der Waals surface area contributed by atoms with Gasteiger partial charge in [-0.15, -0.1) is 0 Å². The van der Waals surface area contributed by atoms with Gasteiger partial charge in [-0.25, -0.2) is 9.97 Å². The monoisotopic (exact) mass is 707 g/mol. The van der Waals surface area contributed by atoms with Gasteiger partial charge in [-0.1, -0.05) is 152 Å². The Morgan fingerprint density at radius 2 is 0.759 bits per heavy atom. The zero-order chi connectivity index (χ0) is 35.6. The lowest BCUT2D eigenvalue weighted by molar-refractivity contribution is 0.999. The van der Waals surface area contributed by atoms with Gasteiger partial charge in [-0.3, -0.25) is 13.5 Å². The van der Waals surface area contributed by atoms with Crippen LogP contribution in [-0.4, -0.2) is 31.6 Å². The lowest BCUT2D eigenvalue weighted by Gasteiger charge is -2.35. The first-order chi connectivity index (χ1) is 26.8. The van der Waals surface area contributed by atoms with E-state index in [1.807, 2.05) is 0 Å². The minimum absolute atomic E-state index is 0.825. The molecule has 4 aromatic heterocycles. The zero-order valence-corrected chi connectivity index (χ0v) is 30.3. The summed E-state index contributed by atoms with van der Waals surface area (Å²) in [4.78, 5) is 11.0. The first-order valence-corrected chi connectivity index (χ1v) is 20.4. The first kappa shape index (κ1) is 30.6. The van der Waals surface area contributed by atoms with Crippen LogP contribution in [0.5, 0.6) is 0 Å². The SMILES string of the molecule is c1ccc([Si](c2ccccc2)(c2ccccc2)c2cc(-n3c4ccccc4c4ccccc43)nc(-n3c4ccccc4n4c5ccccc5nc34)c2)cc1. The normalized spacial score (nSPS) is 12.1. The van der Waals surface area contributed by atoms with Crippen molar-refractivity contribution in [1.82, 2.24) is 23.5 Å². The lowest BCUT2D eigenvalue weighted by atomic mass is 10.2. The van der Waals surface area contributed by atoms with E-state index in [-0.39, 0.29) is 0 Å². The van der Waals surface area contributed by atoms with E-state index in [0.29, 0.717) is 0 Å². The maximum Gasteiger partial charge on any atom is 0.221 e. The van der Waals surface area contributed by atoms with Crippen molar-refractivity contribution in [2.24, 2.45) is 0 Å². The van der Waals surface area contributed by atoms with Gasteiger partial charge in [-0.05, 0) is 69.3 Å². The number of imidazole rings is 2. The van der Waals surface area contributed by atoms with Crippen molar-refractivity contribution in [3.05, 3.63) is 200 Å². The van der Waals surface area contributed by atoms with E-state index >= 15 is 0 Å². The van der Waals surface area contributed by atoms with Crippen LogP contribution in [0, 0.1) is 0 Å². The Morgan fingerprint density at radius 3 is 1.31 bits per heavy atom. The average molecular weight is 708 g/mol. The van der Waals surface area contributed by atoms with Crippen LogP contribution in [0.25, 0.3) is 61.3 Å². The molecule has 0 aliphatic carbocycles. The highest BCUT2D eigenvalue weighted by Gasteiger charge is 2.42. The molecule has 0 saturated carbocycles. The Balaban J connectivity index is 1.34. The molecule has 4 heterocycles. The molecule has 5 nitrogen and oxygen atoms in total. The number of rotatable bonds is 6. The van der Waals surface area contributed by atoms with Crippen molar-refractivity contribution >= 4 is 78.5 Å². The van der Waals surface area contributed by atoms with Crippen molar-refractivity contribution in [1.29, 1.82) is 0 Å². The van der Waals surface area contributed by atoms with Crippen LogP contribution < -0.4 is 20.7 Å². The van der Waals surface area contributed by atoms with Gasteiger partial charge >= 0.3 is 0 Å². The number of benzene rings is 7. The fraction of sp³-hybridized carbons (Fsp3) is 0. The molecule has 0 saturated heterocycles. The molecule has 0 spiro atoms. The number of hydrogen-bond acceptors (Lipinski definition) is 2. The molecular weight excluding hydrogens is 675 g/mol.